The molecule has 0 heterocycles. The molecule has 0 aromatic heterocycles. The lowest BCUT2D eigenvalue weighted by Crippen LogP contribution is -2.10. The standard InChI is InChI=1S/C18H21NO2/c1-3-13(2)15-8-10-17(11-9-15)21-12-14-4-6-16(7-5-14)18(19)20/h4-11,13H,3,12H2,1-2H3,(H2,19,20). The quantitative estimate of drug-likeness (QED) is 0.874. The zero-order chi connectivity index (χ0) is 15.2. The molecule has 1 amide bonds. The summed E-state index contributed by atoms with van der Waals surface area (Å²) in [6.07, 6.45) is 1.13. The zero-order valence-corrected chi connectivity index (χ0v) is 12.5. The molecule has 110 valence electrons. The lowest BCUT2D eigenvalue weighted by Gasteiger charge is -2.11. The van der Waals surface area contributed by atoms with Crippen molar-refractivity contribution in [3.8, 4) is 5.75 Å². The van der Waals surface area contributed by atoms with Gasteiger partial charge < -0.3 is 10.5 Å². The van der Waals surface area contributed by atoms with E-state index in [0.29, 0.717) is 18.1 Å². The van der Waals surface area contributed by atoms with Crippen molar-refractivity contribution in [2.75, 3.05) is 0 Å². The first-order chi connectivity index (χ1) is 10.1. The van der Waals surface area contributed by atoms with Crippen molar-refractivity contribution in [1.29, 1.82) is 0 Å². The van der Waals surface area contributed by atoms with Gasteiger partial charge in [0.15, 0.2) is 0 Å². The molecule has 2 aromatic rings. The van der Waals surface area contributed by atoms with Crippen molar-refractivity contribution in [3.63, 3.8) is 0 Å². The maximum Gasteiger partial charge on any atom is 0.248 e. The van der Waals surface area contributed by atoms with E-state index in [-0.39, 0.29) is 0 Å². The van der Waals surface area contributed by atoms with Crippen molar-refractivity contribution in [2.45, 2.75) is 32.8 Å². The van der Waals surface area contributed by atoms with Crippen molar-refractivity contribution in [3.05, 3.63) is 65.2 Å². The van der Waals surface area contributed by atoms with E-state index in [1.165, 1.54) is 5.56 Å². The van der Waals surface area contributed by atoms with Gasteiger partial charge in [0.05, 0.1) is 0 Å². The number of hydrogen-bond acceptors (Lipinski definition) is 2. The van der Waals surface area contributed by atoms with Crippen LogP contribution < -0.4 is 10.5 Å². The van der Waals surface area contributed by atoms with Gasteiger partial charge in [-0.05, 0) is 47.7 Å². The van der Waals surface area contributed by atoms with Crippen LogP contribution in [-0.4, -0.2) is 5.91 Å². The highest BCUT2D eigenvalue weighted by Gasteiger charge is 2.03. The van der Waals surface area contributed by atoms with Crippen LogP contribution >= 0.6 is 0 Å². The van der Waals surface area contributed by atoms with E-state index in [4.69, 9.17) is 10.5 Å². The van der Waals surface area contributed by atoms with E-state index in [2.05, 4.69) is 26.0 Å². The van der Waals surface area contributed by atoms with Crippen LogP contribution in [-0.2, 0) is 6.61 Å². The van der Waals surface area contributed by atoms with E-state index >= 15 is 0 Å². The van der Waals surface area contributed by atoms with Crippen LogP contribution in [0.3, 0.4) is 0 Å². The van der Waals surface area contributed by atoms with E-state index in [0.717, 1.165) is 17.7 Å². The van der Waals surface area contributed by atoms with Gasteiger partial charge in [-0.25, -0.2) is 0 Å². The molecule has 0 saturated carbocycles. The number of hydrogen-bond donors (Lipinski definition) is 1. The third-order valence-electron chi connectivity index (χ3n) is 3.71. The monoisotopic (exact) mass is 283 g/mol. The third kappa shape index (κ3) is 4.09. The number of ether oxygens (including phenoxy) is 1. The Morgan fingerprint density at radius 1 is 1.10 bits per heavy atom. The van der Waals surface area contributed by atoms with E-state index in [9.17, 15) is 4.79 Å². The molecule has 2 N–H and O–H groups in total. The Bertz CT molecular complexity index is 588. The lowest BCUT2D eigenvalue weighted by molar-refractivity contribution is 0.1000. The fourth-order valence-corrected chi connectivity index (χ4v) is 2.06. The normalized spacial score (nSPS) is 11.9. The summed E-state index contributed by atoms with van der Waals surface area (Å²) in [6.45, 7) is 4.88. The van der Waals surface area contributed by atoms with Crippen LogP contribution in [0.15, 0.2) is 48.5 Å². The molecule has 3 nitrogen and oxygen atoms in total. The molecule has 1 unspecified atom stereocenters. The number of rotatable bonds is 6. The summed E-state index contributed by atoms with van der Waals surface area (Å²) in [4.78, 5) is 11.0. The van der Waals surface area contributed by atoms with E-state index in [1.807, 2.05) is 24.3 Å². The maximum atomic E-state index is 11.0. The van der Waals surface area contributed by atoms with E-state index < -0.39 is 5.91 Å². The third-order valence-corrected chi connectivity index (χ3v) is 3.71. The first-order valence-corrected chi connectivity index (χ1v) is 7.21. The van der Waals surface area contributed by atoms with Gasteiger partial charge in [0.1, 0.15) is 12.4 Å². The fraction of sp³-hybridized carbons (Fsp3) is 0.278. The van der Waals surface area contributed by atoms with Crippen LogP contribution in [0.4, 0.5) is 0 Å². The maximum absolute atomic E-state index is 11.0. The molecule has 0 spiro atoms. The molecule has 0 aliphatic carbocycles. The average molecular weight is 283 g/mol. The van der Waals surface area contributed by atoms with Gasteiger partial charge in [0.2, 0.25) is 5.91 Å². The highest BCUT2D eigenvalue weighted by atomic mass is 16.5. The Kier molecular flexibility index (Phi) is 4.99. The molecule has 2 rings (SSSR count). The van der Waals surface area contributed by atoms with Gasteiger partial charge >= 0.3 is 0 Å². The largest absolute Gasteiger partial charge is 0.489 e. The highest BCUT2D eigenvalue weighted by Crippen LogP contribution is 2.22. The number of carbonyl (C=O) groups is 1. The molecule has 21 heavy (non-hydrogen) atoms. The first kappa shape index (κ1) is 15.1. The molecule has 0 aliphatic heterocycles. The second-order valence-corrected chi connectivity index (χ2v) is 5.23. The average Bonchev–Trinajstić information content (AvgIpc) is 2.53. The number of benzene rings is 2. The van der Waals surface area contributed by atoms with Gasteiger partial charge in [0.25, 0.3) is 0 Å². The summed E-state index contributed by atoms with van der Waals surface area (Å²) < 4.78 is 5.74. The van der Waals surface area contributed by atoms with Gasteiger partial charge in [0, 0.05) is 5.56 Å². The van der Waals surface area contributed by atoms with Gasteiger partial charge in [-0.15, -0.1) is 0 Å². The fourth-order valence-electron chi connectivity index (χ4n) is 2.06. The molecule has 0 bridgehead atoms. The molecule has 0 fully saturated rings. The van der Waals surface area contributed by atoms with Gasteiger partial charge in [-0.2, -0.15) is 0 Å². The minimum absolute atomic E-state index is 0.414. The minimum Gasteiger partial charge on any atom is -0.489 e. The molecule has 0 aliphatic rings. The molecular formula is C18H21NO2. The van der Waals surface area contributed by atoms with Crippen molar-refractivity contribution < 1.29 is 9.53 Å². The minimum atomic E-state index is -0.414. The number of nitrogens with two attached hydrogens (primary N) is 1. The van der Waals surface area contributed by atoms with Crippen molar-refractivity contribution in [2.24, 2.45) is 5.73 Å². The Morgan fingerprint density at radius 2 is 1.71 bits per heavy atom. The summed E-state index contributed by atoms with van der Waals surface area (Å²) in [5, 5.41) is 0. The first-order valence-electron chi connectivity index (χ1n) is 7.21. The van der Waals surface area contributed by atoms with Gasteiger partial charge in [-0.1, -0.05) is 38.1 Å². The van der Waals surface area contributed by atoms with Crippen LogP contribution in [0.25, 0.3) is 0 Å². The number of amides is 1. The van der Waals surface area contributed by atoms with E-state index in [1.54, 1.807) is 12.1 Å². The summed E-state index contributed by atoms with van der Waals surface area (Å²) in [7, 11) is 0. The van der Waals surface area contributed by atoms with Crippen LogP contribution in [0.1, 0.15) is 47.7 Å². The summed E-state index contributed by atoms with van der Waals surface area (Å²) in [5.41, 5.74) is 8.05. The summed E-state index contributed by atoms with van der Waals surface area (Å²) >= 11 is 0. The SMILES string of the molecule is CCC(C)c1ccc(OCc2ccc(C(N)=O)cc2)cc1. The molecule has 1 atom stereocenters. The van der Waals surface area contributed by atoms with Crippen molar-refractivity contribution in [1.82, 2.24) is 0 Å². The Labute approximate surface area is 125 Å². The molecule has 2 aromatic carbocycles. The zero-order valence-electron chi connectivity index (χ0n) is 12.5. The van der Waals surface area contributed by atoms with Crippen LogP contribution in [0.2, 0.25) is 0 Å². The summed E-state index contributed by atoms with van der Waals surface area (Å²) in [5.74, 6) is 1.00. The Morgan fingerprint density at radius 3 is 2.24 bits per heavy atom. The van der Waals surface area contributed by atoms with Crippen molar-refractivity contribution >= 4 is 5.91 Å². The molecule has 3 heteroatoms. The molecular weight excluding hydrogens is 262 g/mol. The van der Waals surface area contributed by atoms with Gasteiger partial charge in [-0.3, -0.25) is 4.79 Å². The smallest absolute Gasteiger partial charge is 0.248 e. The molecule has 0 radical (unpaired) electrons. The predicted octanol–water partition coefficient (Wildman–Crippen LogP) is 3.88. The topological polar surface area (TPSA) is 52.3 Å². The predicted molar refractivity (Wildman–Crippen MR) is 84.4 cm³/mol. The van der Waals surface area contributed by atoms with Crippen LogP contribution in [0, 0.1) is 0 Å². The Hall–Kier alpha value is -2.29. The highest BCUT2D eigenvalue weighted by molar-refractivity contribution is 5.92. The Balaban J connectivity index is 1.95. The lowest BCUT2D eigenvalue weighted by atomic mass is 9.99. The second-order valence-electron chi connectivity index (χ2n) is 5.23. The van der Waals surface area contributed by atoms with Crippen LogP contribution in [0.5, 0.6) is 5.75 Å². The summed E-state index contributed by atoms with van der Waals surface area (Å²) in [6, 6.07) is 15.4. The molecule has 0 saturated heterocycles. The number of primary amides is 1. The number of carbonyl (C=O) groups excluding carboxylic acids is 1. The second kappa shape index (κ2) is 6.93.